The van der Waals surface area contributed by atoms with E-state index in [1.807, 2.05) is 0 Å². The molecule has 0 bridgehead atoms. The summed E-state index contributed by atoms with van der Waals surface area (Å²) < 4.78 is 175. The highest BCUT2D eigenvalue weighted by atomic mass is 19.4. The van der Waals surface area contributed by atoms with Gasteiger partial charge in [0.25, 0.3) is 6.43 Å². The van der Waals surface area contributed by atoms with E-state index < -0.39 is 55.0 Å². The van der Waals surface area contributed by atoms with Gasteiger partial charge in [-0.1, -0.05) is 0 Å². The standard InChI is InChI=1S/C9H6F14O/c10-1(3(12)5(14)15)2(11)4(13)6(16,17)7(18,19)8(20,21)9(22,23)24/h1-5,24H. The van der Waals surface area contributed by atoms with Gasteiger partial charge in [0.05, 0.1) is 0 Å². The first-order valence-corrected chi connectivity index (χ1v) is 5.42. The molecule has 1 N–H and O–H groups in total. The van der Waals surface area contributed by atoms with Crippen LogP contribution in [0.1, 0.15) is 0 Å². The zero-order valence-electron chi connectivity index (χ0n) is 10.6. The van der Waals surface area contributed by atoms with Gasteiger partial charge in [0.2, 0.25) is 6.17 Å². The van der Waals surface area contributed by atoms with Crippen LogP contribution in [0.3, 0.4) is 0 Å². The molecule has 0 spiro atoms. The molecular weight excluding hydrogens is 390 g/mol. The van der Waals surface area contributed by atoms with E-state index in [-0.39, 0.29) is 0 Å². The van der Waals surface area contributed by atoms with Crippen LogP contribution in [0, 0.1) is 0 Å². The van der Waals surface area contributed by atoms with Crippen molar-refractivity contribution >= 4 is 0 Å². The van der Waals surface area contributed by atoms with Crippen LogP contribution < -0.4 is 0 Å². The minimum atomic E-state index is -7.52. The number of aliphatic hydroxyl groups is 1. The van der Waals surface area contributed by atoms with Crippen molar-refractivity contribution in [1.29, 1.82) is 0 Å². The molecule has 0 rings (SSSR count). The number of rotatable bonds is 8. The summed E-state index contributed by atoms with van der Waals surface area (Å²) in [5.74, 6) is -22.0. The van der Waals surface area contributed by atoms with Crippen LogP contribution in [0.2, 0.25) is 0 Å². The lowest BCUT2D eigenvalue weighted by molar-refractivity contribution is -0.424. The second-order valence-electron chi connectivity index (χ2n) is 4.38. The Morgan fingerprint density at radius 2 is 0.917 bits per heavy atom. The van der Waals surface area contributed by atoms with Gasteiger partial charge in [0.1, 0.15) is 0 Å². The van der Waals surface area contributed by atoms with Crippen LogP contribution in [0.25, 0.3) is 0 Å². The molecule has 146 valence electrons. The van der Waals surface area contributed by atoms with Crippen molar-refractivity contribution in [3.05, 3.63) is 0 Å². The van der Waals surface area contributed by atoms with E-state index in [4.69, 9.17) is 5.11 Å². The van der Waals surface area contributed by atoms with E-state index in [1.54, 1.807) is 0 Å². The zero-order valence-corrected chi connectivity index (χ0v) is 10.6. The third kappa shape index (κ3) is 3.64. The van der Waals surface area contributed by atoms with Gasteiger partial charge >= 0.3 is 23.9 Å². The largest absolute Gasteiger partial charge is 0.423 e. The van der Waals surface area contributed by atoms with Crippen LogP contribution in [0.5, 0.6) is 0 Å². The van der Waals surface area contributed by atoms with E-state index in [9.17, 15) is 61.5 Å². The normalized spacial score (nSPS) is 20.0. The maximum Gasteiger partial charge on any atom is 0.423 e. The minimum absolute atomic E-state index is 4.30. The van der Waals surface area contributed by atoms with Crippen LogP contribution in [-0.4, -0.2) is 60.1 Å². The van der Waals surface area contributed by atoms with Crippen LogP contribution in [0.15, 0.2) is 0 Å². The molecule has 4 atom stereocenters. The van der Waals surface area contributed by atoms with E-state index >= 15 is 0 Å². The van der Waals surface area contributed by atoms with E-state index in [0.717, 1.165) is 0 Å². The number of alkyl halides is 14. The molecule has 0 saturated carbocycles. The van der Waals surface area contributed by atoms with Crippen molar-refractivity contribution < 1.29 is 66.6 Å². The van der Waals surface area contributed by atoms with Crippen molar-refractivity contribution in [1.82, 2.24) is 0 Å². The second-order valence-corrected chi connectivity index (χ2v) is 4.38. The quantitative estimate of drug-likeness (QED) is 0.613. The predicted octanol–water partition coefficient (Wildman–Crippen LogP) is 4.09. The maximum atomic E-state index is 12.9. The molecule has 0 saturated heterocycles. The van der Waals surface area contributed by atoms with Gasteiger partial charge in [-0.3, -0.25) is 0 Å². The Morgan fingerprint density at radius 1 is 0.542 bits per heavy atom. The third-order valence-corrected chi connectivity index (χ3v) is 2.67. The molecule has 0 fully saturated rings. The van der Waals surface area contributed by atoms with Gasteiger partial charge in [0, 0.05) is 0 Å². The molecule has 0 aromatic rings. The highest BCUT2D eigenvalue weighted by molar-refractivity contribution is 5.06. The van der Waals surface area contributed by atoms with Gasteiger partial charge in [-0.2, -0.15) is 35.1 Å². The lowest BCUT2D eigenvalue weighted by Gasteiger charge is -2.36. The second kappa shape index (κ2) is 6.71. The molecule has 0 aliphatic carbocycles. The highest BCUT2D eigenvalue weighted by Crippen LogP contribution is 2.54. The summed E-state index contributed by atoms with van der Waals surface area (Å²) in [6.45, 7) is 0. The fraction of sp³-hybridized carbons (Fsp3) is 1.00. The summed E-state index contributed by atoms with van der Waals surface area (Å²) in [4.78, 5) is 0. The highest BCUT2D eigenvalue weighted by Gasteiger charge is 2.83. The van der Waals surface area contributed by atoms with Crippen molar-refractivity contribution in [2.24, 2.45) is 0 Å². The van der Waals surface area contributed by atoms with Gasteiger partial charge in [-0.15, -0.1) is 0 Å². The fourth-order valence-electron chi connectivity index (χ4n) is 1.25. The Morgan fingerprint density at radius 3 is 1.21 bits per heavy atom. The topological polar surface area (TPSA) is 20.2 Å². The van der Waals surface area contributed by atoms with Crippen molar-refractivity contribution in [2.45, 2.75) is 55.0 Å². The molecule has 0 aliphatic heterocycles. The molecule has 0 amide bonds. The van der Waals surface area contributed by atoms with Gasteiger partial charge in [-0.05, 0) is 0 Å². The summed E-state index contributed by atoms with van der Waals surface area (Å²) in [6, 6.07) is 0. The molecule has 0 aromatic carbocycles. The molecule has 15 heteroatoms. The smallest absolute Gasteiger partial charge is 0.331 e. The first-order valence-electron chi connectivity index (χ1n) is 5.42. The average Bonchev–Trinajstić information content (AvgIpc) is 2.41. The Balaban J connectivity index is 5.72. The molecule has 0 radical (unpaired) electrons. The monoisotopic (exact) mass is 396 g/mol. The fourth-order valence-corrected chi connectivity index (χ4v) is 1.25. The SMILES string of the molecule is OC(F)(F)C(F)(F)C(F)(F)C(F)(F)C(F)C(F)C(F)C(F)C(F)F. The van der Waals surface area contributed by atoms with Crippen LogP contribution in [-0.2, 0) is 0 Å². The summed E-state index contributed by atoms with van der Waals surface area (Å²) >= 11 is 0. The first-order chi connectivity index (χ1) is 10.3. The van der Waals surface area contributed by atoms with Gasteiger partial charge < -0.3 is 5.11 Å². The zero-order chi connectivity index (χ0) is 19.9. The molecule has 0 aliphatic rings. The van der Waals surface area contributed by atoms with Crippen molar-refractivity contribution in [2.75, 3.05) is 0 Å². The van der Waals surface area contributed by atoms with Crippen molar-refractivity contribution in [3.63, 3.8) is 0 Å². The summed E-state index contributed by atoms with van der Waals surface area (Å²) in [6.07, 6.45) is -30.4. The van der Waals surface area contributed by atoms with E-state index in [0.29, 0.717) is 0 Å². The molecule has 0 heterocycles. The summed E-state index contributed by atoms with van der Waals surface area (Å²) in [5.41, 5.74) is 0. The van der Waals surface area contributed by atoms with Gasteiger partial charge in [0.15, 0.2) is 18.5 Å². The number of hydrogen-bond acceptors (Lipinski definition) is 1. The predicted molar refractivity (Wildman–Crippen MR) is 47.6 cm³/mol. The molecule has 4 unspecified atom stereocenters. The Hall–Kier alpha value is -1.02. The number of halogens is 14. The first kappa shape index (κ1) is 23.0. The average molecular weight is 396 g/mol. The molecule has 0 aromatic heterocycles. The summed E-state index contributed by atoms with van der Waals surface area (Å²) in [5, 5.41) is 7.49. The van der Waals surface area contributed by atoms with E-state index in [1.165, 1.54) is 0 Å². The number of hydrogen-bond donors (Lipinski definition) is 1. The van der Waals surface area contributed by atoms with Crippen LogP contribution in [0.4, 0.5) is 61.5 Å². The van der Waals surface area contributed by atoms with Gasteiger partial charge in [-0.25, -0.2) is 26.3 Å². The summed E-state index contributed by atoms with van der Waals surface area (Å²) in [7, 11) is 0. The molecular formula is C9H6F14O. The Bertz CT molecular complexity index is 417. The van der Waals surface area contributed by atoms with E-state index in [2.05, 4.69) is 0 Å². The molecule has 24 heavy (non-hydrogen) atoms. The lowest BCUT2D eigenvalue weighted by Crippen LogP contribution is -2.66. The minimum Gasteiger partial charge on any atom is -0.331 e. The maximum absolute atomic E-state index is 12.9. The van der Waals surface area contributed by atoms with Crippen molar-refractivity contribution in [3.8, 4) is 0 Å². The van der Waals surface area contributed by atoms with Crippen LogP contribution >= 0.6 is 0 Å². The molecule has 1 nitrogen and oxygen atoms in total. The Labute approximate surface area is 123 Å². The Kier molecular flexibility index (Phi) is 6.42. The lowest BCUT2D eigenvalue weighted by atomic mass is 9.94. The third-order valence-electron chi connectivity index (χ3n) is 2.67.